The predicted octanol–water partition coefficient (Wildman–Crippen LogP) is 3.44. The molecule has 1 aromatic carbocycles. The number of nitrogens with one attached hydrogen (secondary N) is 2. The Kier molecular flexibility index (Phi) is 5.33. The van der Waals surface area contributed by atoms with Crippen molar-refractivity contribution in [1.29, 1.82) is 0 Å². The lowest BCUT2D eigenvalue weighted by Crippen LogP contribution is -2.27. The van der Waals surface area contributed by atoms with E-state index in [9.17, 15) is 23.5 Å². The van der Waals surface area contributed by atoms with E-state index in [4.69, 9.17) is 23.2 Å². The molecule has 0 bridgehead atoms. The van der Waals surface area contributed by atoms with Gasteiger partial charge in [-0.25, -0.2) is 0 Å². The number of aromatic nitrogens is 1. The predicted molar refractivity (Wildman–Crippen MR) is 98.7 cm³/mol. The van der Waals surface area contributed by atoms with E-state index in [1.54, 1.807) is 6.92 Å². The van der Waals surface area contributed by atoms with Crippen LogP contribution in [-0.4, -0.2) is 34.1 Å². The fourth-order valence-corrected chi connectivity index (χ4v) is 3.82. The van der Waals surface area contributed by atoms with E-state index >= 15 is 0 Å². The molecule has 6 nitrogen and oxygen atoms in total. The van der Waals surface area contributed by atoms with E-state index in [0.717, 1.165) is 4.57 Å². The van der Waals surface area contributed by atoms with Gasteiger partial charge in [-0.1, -0.05) is 23.2 Å². The molecule has 2 heterocycles. The van der Waals surface area contributed by atoms with E-state index in [2.05, 4.69) is 10.6 Å². The summed E-state index contributed by atoms with van der Waals surface area (Å²) in [7, 11) is 0. The summed E-state index contributed by atoms with van der Waals surface area (Å²) >= 11 is 12.4. The van der Waals surface area contributed by atoms with Crippen molar-refractivity contribution < 1.29 is 23.5 Å². The van der Waals surface area contributed by atoms with Crippen LogP contribution in [0.2, 0.25) is 10.0 Å². The Morgan fingerprint density at radius 1 is 1.44 bits per heavy atom. The Morgan fingerprint density at radius 3 is 2.70 bits per heavy atom. The number of fused-ring (bicyclic) bond motifs is 3. The summed E-state index contributed by atoms with van der Waals surface area (Å²) in [5.41, 5.74) is 0.677. The first-order valence-electron chi connectivity index (χ1n) is 8.24. The number of hydrogen-bond acceptors (Lipinski definition) is 3. The molecule has 2 atom stereocenters. The highest BCUT2D eigenvalue weighted by atomic mass is 35.5. The molecule has 2 amide bonds. The average Bonchev–Trinajstić information content (AvgIpc) is 2.86. The minimum atomic E-state index is -2.92. The maximum atomic E-state index is 13.9. The quantitative estimate of drug-likeness (QED) is 0.712. The Hall–Kier alpha value is -1.90. The number of carbonyl (C=O) groups is 2. The van der Waals surface area contributed by atoms with Gasteiger partial charge in [-0.2, -0.15) is 8.78 Å². The molecule has 0 saturated heterocycles. The highest BCUT2D eigenvalue weighted by Crippen LogP contribution is 2.45. The van der Waals surface area contributed by atoms with Gasteiger partial charge in [0.1, 0.15) is 6.10 Å². The molecule has 0 spiro atoms. The number of aliphatic hydroxyl groups excluding tert-OH is 1. The maximum absolute atomic E-state index is 13.9. The lowest BCUT2D eigenvalue weighted by Gasteiger charge is -2.14. The van der Waals surface area contributed by atoms with Crippen molar-refractivity contribution in [3.05, 3.63) is 27.4 Å². The van der Waals surface area contributed by atoms with Crippen molar-refractivity contribution in [2.45, 2.75) is 38.8 Å². The van der Waals surface area contributed by atoms with Crippen LogP contribution in [0.25, 0.3) is 10.9 Å². The molecule has 2 aromatic rings. The van der Waals surface area contributed by atoms with Crippen LogP contribution < -0.4 is 10.6 Å². The SMILES string of the molecule is C[C@H](O)C(=O)Nc1cc(Cl)c(Cl)c2c1c1c(n2C(F)F)CCNC(=O)[C@@H]1C. The summed E-state index contributed by atoms with van der Waals surface area (Å²) in [5.74, 6) is -1.80. The second-order valence-corrected chi connectivity index (χ2v) is 7.16. The van der Waals surface area contributed by atoms with Crippen molar-refractivity contribution in [1.82, 2.24) is 9.88 Å². The minimum Gasteiger partial charge on any atom is -0.384 e. The fourth-order valence-electron chi connectivity index (χ4n) is 3.38. The monoisotopic (exact) mass is 419 g/mol. The number of amides is 2. The van der Waals surface area contributed by atoms with Gasteiger partial charge >= 0.3 is 6.55 Å². The number of alkyl halides is 2. The summed E-state index contributed by atoms with van der Waals surface area (Å²) in [6.45, 7) is 0.135. The smallest absolute Gasteiger partial charge is 0.319 e. The van der Waals surface area contributed by atoms with E-state index in [-0.39, 0.29) is 51.2 Å². The molecule has 3 rings (SSSR count). The van der Waals surface area contributed by atoms with E-state index < -0.39 is 24.5 Å². The molecule has 27 heavy (non-hydrogen) atoms. The first kappa shape index (κ1) is 19.9. The largest absolute Gasteiger partial charge is 0.384 e. The zero-order chi connectivity index (χ0) is 20.0. The molecule has 1 aromatic heterocycles. The van der Waals surface area contributed by atoms with Crippen molar-refractivity contribution in [3.8, 4) is 0 Å². The molecular formula is C17H17Cl2F2N3O3. The number of nitrogens with zero attached hydrogens (tertiary/aromatic N) is 1. The average molecular weight is 420 g/mol. The molecule has 1 aliphatic heterocycles. The summed E-state index contributed by atoms with van der Waals surface area (Å²) in [6, 6.07) is 1.33. The topological polar surface area (TPSA) is 83.4 Å². The van der Waals surface area contributed by atoms with Gasteiger partial charge in [0.2, 0.25) is 5.91 Å². The third kappa shape index (κ3) is 3.26. The Labute approximate surface area is 163 Å². The Bertz CT molecular complexity index is 944. The van der Waals surface area contributed by atoms with Gasteiger partial charge < -0.3 is 15.7 Å². The first-order chi connectivity index (χ1) is 12.6. The summed E-state index contributed by atoms with van der Waals surface area (Å²) < 4.78 is 28.6. The fraction of sp³-hybridized carbons (Fsp3) is 0.412. The third-order valence-electron chi connectivity index (χ3n) is 4.63. The summed E-state index contributed by atoms with van der Waals surface area (Å²) in [6.07, 6.45) is -1.16. The Balaban J connectivity index is 2.43. The molecule has 146 valence electrons. The van der Waals surface area contributed by atoms with Crippen molar-refractivity contribution in [2.24, 2.45) is 0 Å². The molecule has 3 N–H and O–H groups in total. The van der Waals surface area contributed by atoms with Gasteiger partial charge in [0.25, 0.3) is 5.91 Å². The van der Waals surface area contributed by atoms with Gasteiger partial charge in [-0.3, -0.25) is 14.2 Å². The number of benzene rings is 1. The number of hydrogen-bond donors (Lipinski definition) is 3. The highest BCUT2D eigenvalue weighted by Gasteiger charge is 2.33. The second-order valence-electron chi connectivity index (χ2n) is 6.38. The number of aliphatic hydroxyl groups is 1. The molecule has 10 heteroatoms. The van der Waals surface area contributed by atoms with Crippen LogP contribution in [0.4, 0.5) is 14.5 Å². The third-order valence-corrected chi connectivity index (χ3v) is 5.40. The molecule has 0 aliphatic carbocycles. The minimum absolute atomic E-state index is 0.0308. The zero-order valence-corrected chi connectivity index (χ0v) is 16.0. The van der Waals surface area contributed by atoms with Crippen molar-refractivity contribution >= 4 is 51.6 Å². The molecular weight excluding hydrogens is 403 g/mol. The lowest BCUT2D eigenvalue weighted by atomic mass is 9.96. The number of rotatable bonds is 3. The summed E-state index contributed by atoms with van der Waals surface area (Å²) in [5, 5.41) is 14.8. The first-order valence-corrected chi connectivity index (χ1v) is 9.00. The molecule has 0 saturated carbocycles. The van der Waals surface area contributed by atoms with Crippen LogP contribution in [0.3, 0.4) is 0 Å². The number of halogens is 4. The molecule has 0 unspecified atom stereocenters. The van der Waals surface area contributed by atoms with Crippen LogP contribution in [0, 0.1) is 0 Å². The Morgan fingerprint density at radius 2 is 2.11 bits per heavy atom. The van der Waals surface area contributed by atoms with Crippen molar-refractivity contribution in [3.63, 3.8) is 0 Å². The molecule has 0 fully saturated rings. The van der Waals surface area contributed by atoms with Gasteiger partial charge in [0, 0.05) is 24.0 Å². The molecule has 1 aliphatic rings. The normalized spacial score (nSPS) is 18.2. The molecule has 0 radical (unpaired) electrons. The summed E-state index contributed by atoms with van der Waals surface area (Å²) in [4.78, 5) is 24.3. The number of carbonyl (C=O) groups excluding carboxylic acids is 2. The van der Waals surface area contributed by atoms with Crippen molar-refractivity contribution in [2.75, 3.05) is 11.9 Å². The zero-order valence-electron chi connectivity index (χ0n) is 14.4. The van der Waals surface area contributed by atoms with Crippen LogP contribution in [-0.2, 0) is 16.0 Å². The standard InChI is InChI=1S/C17H17Cl2F2N3O3/c1-6-11-10(3-4-22-15(6)26)24(17(20)21)14-12(11)9(5-8(18)13(14)19)23-16(27)7(2)25/h5-7,17,25H,3-4H2,1-2H3,(H,22,26)(H,23,27)/t6-,7+/m1/s1. The van der Waals surface area contributed by atoms with E-state index in [0.29, 0.717) is 5.56 Å². The van der Waals surface area contributed by atoms with Crippen LogP contribution in [0.1, 0.15) is 37.6 Å². The van der Waals surface area contributed by atoms with Crippen LogP contribution in [0.5, 0.6) is 0 Å². The lowest BCUT2D eigenvalue weighted by molar-refractivity contribution is -0.123. The van der Waals surface area contributed by atoms with Gasteiger partial charge in [-0.05, 0) is 25.5 Å². The number of anilines is 1. The van der Waals surface area contributed by atoms with Gasteiger partial charge in [0.15, 0.2) is 0 Å². The van der Waals surface area contributed by atoms with Crippen LogP contribution >= 0.6 is 23.2 Å². The second kappa shape index (κ2) is 7.26. The van der Waals surface area contributed by atoms with Gasteiger partial charge in [0.05, 0.1) is 27.2 Å². The van der Waals surface area contributed by atoms with Crippen LogP contribution in [0.15, 0.2) is 6.07 Å². The highest BCUT2D eigenvalue weighted by molar-refractivity contribution is 6.46. The van der Waals surface area contributed by atoms with Gasteiger partial charge in [-0.15, -0.1) is 0 Å². The van der Waals surface area contributed by atoms with E-state index in [1.807, 2.05) is 0 Å². The van der Waals surface area contributed by atoms with E-state index in [1.165, 1.54) is 13.0 Å². The maximum Gasteiger partial charge on any atom is 0.319 e.